The standard InChI is InChI=1S/C23H17ClN2O5/c24-17-10-8-15(9-11-17)14-25-20-7-2-1-6-19(20)23(29,22(25)28)13-21(27)16-4-3-5-18(12-16)26(30)31/h1-12,29H,13-14H2/t23-/m0/s1. The Labute approximate surface area is 182 Å². The lowest BCUT2D eigenvalue weighted by Gasteiger charge is -2.23. The van der Waals surface area contributed by atoms with Crippen molar-refractivity contribution in [1.29, 1.82) is 0 Å². The Balaban J connectivity index is 1.66. The number of non-ortho nitro benzene ring substituents is 1. The molecule has 0 fully saturated rings. The molecule has 1 aliphatic rings. The Hall–Kier alpha value is -3.55. The van der Waals surface area contributed by atoms with E-state index in [9.17, 15) is 24.8 Å². The third-order valence-electron chi connectivity index (χ3n) is 5.29. The van der Waals surface area contributed by atoms with Gasteiger partial charge in [-0.05, 0) is 23.8 Å². The molecule has 4 rings (SSSR count). The van der Waals surface area contributed by atoms with Gasteiger partial charge >= 0.3 is 0 Å². The highest BCUT2D eigenvalue weighted by molar-refractivity contribution is 6.30. The van der Waals surface area contributed by atoms with E-state index in [-0.39, 0.29) is 17.8 Å². The summed E-state index contributed by atoms with van der Waals surface area (Å²) in [6, 6.07) is 19.0. The van der Waals surface area contributed by atoms with Gasteiger partial charge in [0, 0.05) is 28.3 Å². The van der Waals surface area contributed by atoms with Crippen molar-refractivity contribution in [2.45, 2.75) is 18.6 Å². The van der Waals surface area contributed by atoms with E-state index in [1.54, 1.807) is 48.5 Å². The van der Waals surface area contributed by atoms with Gasteiger partial charge in [-0.25, -0.2) is 0 Å². The van der Waals surface area contributed by atoms with Crippen LogP contribution < -0.4 is 4.90 Å². The molecule has 1 amide bonds. The van der Waals surface area contributed by atoms with Gasteiger partial charge in [-0.3, -0.25) is 19.7 Å². The summed E-state index contributed by atoms with van der Waals surface area (Å²) < 4.78 is 0. The van der Waals surface area contributed by atoms with Gasteiger partial charge in [0.1, 0.15) is 0 Å². The molecule has 0 radical (unpaired) electrons. The van der Waals surface area contributed by atoms with Gasteiger partial charge in [0.2, 0.25) is 0 Å². The molecule has 3 aromatic carbocycles. The zero-order valence-electron chi connectivity index (χ0n) is 16.2. The molecule has 1 N–H and O–H groups in total. The highest BCUT2D eigenvalue weighted by Gasteiger charge is 2.50. The predicted molar refractivity (Wildman–Crippen MR) is 115 cm³/mol. The Morgan fingerprint density at radius 2 is 1.77 bits per heavy atom. The minimum atomic E-state index is -2.06. The monoisotopic (exact) mass is 436 g/mol. The molecule has 0 saturated carbocycles. The third kappa shape index (κ3) is 3.81. The molecule has 0 bridgehead atoms. The highest BCUT2D eigenvalue weighted by Crippen LogP contribution is 2.43. The van der Waals surface area contributed by atoms with E-state index in [1.807, 2.05) is 0 Å². The minimum absolute atomic E-state index is 0.0593. The van der Waals surface area contributed by atoms with Crippen molar-refractivity contribution in [3.8, 4) is 0 Å². The van der Waals surface area contributed by atoms with Crippen LogP contribution >= 0.6 is 11.6 Å². The lowest BCUT2D eigenvalue weighted by molar-refractivity contribution is -0.384. The molecule has 1 atom stereocenters. The molecule has 0 unspecified atom stereocenters. The predicted octanol–water partition coefficient (Wildman–Crippen LogP) is 4.26. The lowest BCUT2D eigenvalue weighted by atomic mass is 9.88. The largest absolute Gasteiger partial charge is 0.375 e. The van der Waals surface area contributed by atoms with Crippen LogP contribution in [0.2, 0.25) is 5.02 Å². The van der Waals surface area contributed by atoms with Crippen LogP contribution in [-0.2, 0) is 16.9 Å². The number of hydrogen-bond acceptors (Lipinski definition) is 5. The number of carbonyl (C=O) groups excluding carboxylic acids is 2. The summed E-state index contributed by atoms with van der Waals surface area (Å²) in [6.07, 6.45) is -0.527. The molecular weight excluding hydrogens is 420 g/mol. The number of amides is 1. The van der Waals surface area contributed by atoms with Crippen molar-refractivity contribution in [2.24, 2.45) is 0 Å². The number of nitro groups is 1. The van der Waals surface area contributed by atoms with Crippen LogP contribution in [0.4, 0.5) is 11.4 Å². The zero-order valence-corrected chi connectivity index (χ0v) is 17.0. The molecule has 7 nitrogen and oxygen atoms in total. The third-order valence-corrected chi connectivity index (χ3v) is 5.54. The first kappa shape index (κ1) is 20.7. The summed E-state index contributed by atoms with van der Waals surface area (Å²) in [7, 11) is 0. The van der Waals surface area contributed by atoms with E-state index in [2.05, 4.69) is 0 Å². The number of ketones is 1. The molecule has 8 heteroatoms. The maximum atomic E-state index is 13.3. The average Bonchev–Trinajstić information content (AvgIpc) is 2.97. The summed E-state index contributed by atoms with van der Waals surface area (Å²) in [4.78, 5) is 38.0. The van der Waals surface area contributed by atoms with Crippen LogP contribution in [0.25, 0.3) is 0 Å². The number of benzene rings is 3. The summed E-state index contributed by atoms with van der Waals surface area (Å²) in [5, 5.41) is 22.9. The lowest BCUT2D eigenvalue weighted by Crippen LogP contribution is -2.41. The first-order valence-corrected chi connectivity index (χ1v) is 9.83. The van der Waals surface area contributed by atoms with E-state index >= 15 is 0 Å². The molecular formula is C23H17ClN2O5. The van der Waals surface area contributed by atoms with Crippen LogP contribution in [0.5, 0.6) is 0 Å². The Morgan fingerprint density at radius 3 is 2.48 bits per heavy atom. The number of para-hydroxylation sites is 1. The molecule has 0 aliphatic carbocycles. The van der Waals surface area contributed by atoms with Gasteiger partial charge in [0.25, 0.3) is 11.6 Å². The number of Topliss-reactive ketones (excluding diaryl/α,β-unsaturated/α-hetero) is 1. The fraction of sp³-hybridized carbons (Fsp3) is 0.130. The molecule has 1 heterocycles. The number of hydrogen-bond donors (Lipinski definition) is 1. The summed E-state index contributed by atoms with van der Waals surface area (Å²) >= 11 is 5.93. The molecule has 3 aromatic rings. The number of rotatable bonds is 6. The van der Waals surface area contributed by atoms with Gasteiger partial charge < -0.3 is 10.0 Å². The summed E-state index contributed by atoms with van der Waals surface area (Å²) in [6.45, 7) is 0.195. The zero-order chi connectivity index (χ0) is 22.2. The van der Waals surface area contributed by atoms with Gasteiger partial charge in [0.05, 0.1) is 23.6 Å². The molecule has 1 aliphatic heterocycles. The van der Waals surface area contributed by atoms with Gasteiger partial charge in [-0.15, -0.1) is 0 Å². The quantitative estimate of drug-likeness (QED) is 0.353. The Morgan fingerprint density at radius 1 is 1.06 bits per heavy atom. The molecule has 31 heavy (non-hydrogen) atoms. The van der Waals surface area contributed by atoms with E-state index in [4.69, 9.17) is 11.6 Å². The molecule has 0 spiro atoms. The fourth-order valence-electron chi connectivity index (χ4n) is 3.73. The molecule has 0 saturated heterocycles. The SMILES string of the molecule is O=C(C[C@@]1(O)C(=O)N(Cc2ccc(Cl)cc2)c2ccccc21)c1cccc([N+](=O)[O-])c1. The van der Waals surface area contributed by atoms with Crippen molar-refractivity contribution in [3.63, 3.8) is 0 Å². The van der Waals surface area contributed by atoms with Crippen molar-refractivity contribution in [1.82, 2.24) is 0 Å². The number of carbonyl (C=O) groups is 2. The molecule has 0 aromatic heterocycles. The van der Waals surface area contributed by atoms with E-state index in [1.165, 1.54) is 23.1 Å². The highest BCUT2D eigenvalue weighted by atomic mass is 35.5. The van der Waals surface area contributed by atoms with Crippen LogP contribution in [0, 0.1) is 10.1 Å². The van der Waals surface area contributed by atoms with Gasteiger partial charge in [0.15, 0.2) is 11.4 Å². The van der Waals surface area contributed by atoms with E-state index in [0.29, 0.717) is 16.3 Å². The summed E-state index contributed by atoms with van der Waals surface area (Å²) in [5.41, 5.74) is -0.596. The topological polar surface area (TPSA) is 101 Å². The number of halogens is 1. The Bertz CT molecular complexity index is 1190. The van der Waals surface area contributed by atoms with Crippen molar-refractivity contribution >= 4 is 34.7 Å². The second-order valence-corrected chi connectivity index (χ2v) is 7.74. The minimum Gasteiger partial charge on any atom is -0.375 e. The van der Waals surface area contributed by atoms with Crippen molar-refractivity contribution in [2.75, 3.05) is 4.90 Å². The van der Waals surface area contributed by atoms with E-state index < -0.39 is 28.6 Å². The number of fused-ring (bicyclic) bond motifs is 1. The van der Waals surface area contributed by atoms with Crippen molar-refractivity contribution in [3.05, 3.63) is 105 Å². The first-order valence-electron chi connectivity index (χ1n) is 9.45. The Kier molecular flexibility index (Phi) is 5.31. The van der Waals surface area contributed by atoms with Gasteiger partial charge in [-0.2, -0.15) is 0 Å². The van der Waals surface area contributed by atoms with Crippen LogP contribution in [-0.4, -0.2) is 21.7 Å². The van der Waals surface area contributed by atoms with Crippen LogP contribution in [0.15, 0.2) is 72.8 Å². The maximum Gasteiger partial charge on any atom is 0.270 e. The van der Waals surface area contributed by atoms with Crippen LogP contribution in [0.1, 0.15) is 27.9 Å². The van der Waals surface area contributed by atoms with Crippen molar-refractivity contribution < 1.29 is 19.6 Å². The van der Waals surface area contributed by atoms with Crippen LogP contribution in [0.3, 0.4) is 0 Å². The maximum absolute atomic E-state index is 13.3. The average molecular weight is 437 g/mol. The van der Waals surface area contributed by atoms with Gasteiger partial charge in [-0.1, -0.05) is 54.1 Å². The second-order valence-electron chi connectivity index (χ2n) is 7.30. The number of nitro benzene ring substituents is 1. The number of aliphatic hydroxyl groups is 1. The normalized spacial score (nSPS) is 17.5. The van der Waals surface area contributed by atoms with E-state index in [0.717, 1.165) is 11.6 Å². The molecule has 156 valence electrons. The number of nitrogens with zero attached hydrogens (tertiary/aromatic N) is 2. The fourth-order valence-corrected chi connectivity index (χ4v) is 3.86. The number of anilines is 1. The second kappa shape index (κ2) is 7.94. The first-order chi connectivity index (χ1) is 14.8. The smallest absolute Gasteiger partial charge is 0.270 e. The summed E-state index contributed by atoms with van der Waals surface area (Å²) in [5.74, 6) is -1.19.